The van der Waals surface area contributed by atoms with Gasteiger partial charge in [-0.05, 0) is 52.5 Å². The van der Waals surface area contributed by atoms with E-state index in [0.717, 1.165) is 38.4 Å². The molecule has 0 saturated carbocycles. The van der Waals surface area contributed by atoms with Crippen LogP contribution >= 0.6 is 27.3 Å². The molecule has 2 N–H and O–H groups in total. The third-order valence-electron chi connectivity index (χ3n) is 2.91. The van der Waals surface area contributed by atoms with Gasteiger partial charge >= 0.3 is 0 Å². The molecule has 0 saturated heterocycles. The summed E-state index contributed by atoms with van der Waals surface area (Å²) in [5.41, 5.74) is 8.71. The summed E-state index contributed by atoms with van der Waals surface area (Å²) in [7, 11) is 0. The number of imidazole rings is 1. The summed E-state index contributed by atoms with van der Waals surface area (Å²) in [6.45, 7) is 2.99. The highest BCUT2D eigenvalue weighted by Gasteiger charge is 2.14. The molecule has 18 heavy (non-hydrogen) atoms. The Morgan fingerprint density at radius 3 is 2.89 bits per heavy atom. The highest BCUT2D eigenvalue weighted by atomic mass is 79.9. The second-order valence-corrected chi connectivity index (χ2v) is 5.80. The topological polar surface area (TPSA) is 43.8 Å². The minimum absolute atomic E-state index is 0.772. The molecule has 3 rings (SSSR count). The average molecular weight is 322 g/mol. The SMILES string of the molecule is CCn1c(-c2sccc2Br)nc2ccc(N)cc21. The maximum absolute atomic E-state index is 5.86. The van der Waals surface area contributed by atoms with Crippen molar-refractivity contribution >= 4 is 44.0 Å². The van der Waals surface area contributed by atoms with Crippen molar-refractivity contribution in [1.82, 2.24) is 9.55 Å². The molecule has 0 atom stereocenters. The van der Waals surface area contributed by atoms with E-state index in [1.807, 2.05) is 24.3 Å². The largest absolute Gasteiger partial charge is 0.399 e. The Hall–Kier alpha value is -1.33. The molecular weight excluding hydrogens is 310 g/mol. The maximum atomic E-state index is 5.86. The Kier molecular flexibility index (Phi) is 2.87. The van der Waals surface area contributed by atoms with E-state index in [-0.39, 0.29) is 0 Å². The van der Waals surface area contributed by atoms with Gasteiger partial charge in [0.2, 0.25) is 0 Å². The van der Waals surface area contributed by atoms with Crippen molar-refractivity contribution in [2.45, 2.75) is 13.5 Å². The summed E-state index contributed by atoms with van der Waals surface area (Å²) in [5, 5.41) is 2.06. The summed E-state index contributed by atoms with van der Waals surface area (Å²) < 4.78 is 3.29. The number of rotatable bonds is 2. The summed E-state index contributed by atoms with van der Waals surface area (Å²) >= 11 is 5.26. The number of nitrogens with two attached hydrogens (primary N) is 1. The standard InChI is InChI=1S/C13H12BrN3S/c1-2-17-11-7-8(15)3-4-10(11)16-13(17)12-9(14)5-6-18-12/h3-7H,2,15H2,1H3. The monoisotopic (exact) mass is 321 g/mol. The van der Waals surface area contributed by atoms with Crippen LogP contribution in [-0.4, -0.2) is 9.55 Å². The van der Waals surface area contributed by atoms with Crippen LogP contribution in [0.1, 0.15) is 6.92 Å². The van der Waals surface area contributed by atoms with Gasteiger partial charge in [0.25, 0.3) is 0 Å². The van der Waals surface area contributed by atoms with Gasteiger partial charge in [-0.3, -0.25) is 0 Å². The van der Waals surface area contributed by atoms with Crippen molar-refractivity contribution in [3.8, 4) is 10.7 Å². The normalized spacial score (nSPS) is 11.2. The summed E-state index contributed by atoms with van der Waals surface area (Å²) in [4.78, 5) is 5.87. The number of nitrogen functional groups attached to an aromatic ring is 1. The molecule has 0 fully saturated rings. The predicted octanol–water partition coefficient (Wildman–Crippen LogP) is 4.13. The number of nitrogens with zero attached hydrogens (tertiary/aromatic N) is 2. The first-order valence-corrected chi connectivity index (χ1v) is 7.37. The van der Waals surface area contributed by atoms with E-state index < -0.39 is 0 Å². The lowest BCUT2D eigenvalue weighted by Gasteiger charge is -2.05. The van der Waals surface area contributed by atoms with E-state index in [1.165, 1.54) is 0 Å². The van der Waals surface area contributed by atoms with Crippen LogP contribution in [0.2, 0.25) is 0 Å². The molecule has 0 bridgehead atoms. The van der Waals surface area contributed by atoms with Crippen molar-refractivity contribution in [3.63, 3.8) is 0 Å². The number of aryl methyl sites for hydroxylation is 1. The molecule has 3 nitrogen and oxygen atoms in total. The Balaban J connectivity index is 2.33. The fourth-order valence-electron chi connectivity index (χ4n) is 2.09. The number of hydrogen-bond donors (Lipinski definition) is 1. The second kappa shape index (κ2) is 4.40. The van der Waals surface area contributed by atoms with Gasteiger partial charge in [0.15, 0.2) is 5.82 Å². The number of anilines is 1. The van der Waals surface area contributed by atoms with Crippen LogP contribution in [0, 0.1) is 0 Å². The van der Waals surface area contributed by atoms with E-state index in [2.05, 4.69) is 32.8 Å². The van der Waals surface area contributed by atoms with Crippen molar-refractivity contribution in [2.75, 3.05) is 5.73 Å². The Morgan fingerprint density at radius 1 is 1.39 bits per heavy atom. The molecule has 2 aromatic heterocycles. The van der Waals surface area contributed by atoms with Crippen LogP contribution in [0.5, 0.6) is 0 Å². The summed E-state index contributed by atoms with van der Waals surface area (Å²) in [5.74, 6) is 1.000. The lowest BCUT2D eigenvalue weighted by atomic mass is 10.3. The Labute approximate surface area is 117 Å². The molecule has 2 heterocycles. The van der Waals surface area contributed by atoms with E-state index in [9.17, 15) is 0 Å². The van der Waals surface area contributed by atoms with Gasteiger partial charge in [-0.1, -0.05) is 0 Å². The average Bonchev–Trinajstić information content (AvgIpc) is 2.91. The van der Waals surface area contributed by atoms with Gasteiger partial charge in [-0.15, -0.1) is 11.3 Å². The van der Waals surface area contributed by atoms with Crippen molar-refractivity contribution in [1.29, 1.82) is 0 Å². The van der Waals surface area contributed by atoms with E-state index in [0.29, 0.717) is 0 Å². The van der Waals surface area contributed by atoms with E-state index in [4.69, 9.17) is 10.7 Å². The van der Waals surface area contributed by atoms with Crippen molar-refractivity contribution in [2.24, 2.45) is 0 Å². The molecule has 0 radical (unpaired) electrons. The molecule has 0 amide bonds. The van der Waals surface area contributed by atoms with Gasteiger partial charge in [0, 0.05) is 16.7 Å². The summed E-state index contributed by atoms with van der Waals surface area (Å²) in [6.07, 6.45) is 0. The van der Waals surface area contributed by atoms with Crippen LogP contribution in [0.3, 0.4) is 0 Å². The van der Waals surface area contributed by atoms with Gasteiger partial charge in [-0.25, -0.2) is 4.98 Å². The van der Waals surface area contributed by atoms with Gasteiger partial charge in [0.05, 0.1) is 15.9 Å². The lowest BCUT2D eigenvalue weighted by Crippen LogP contribution is -1.97. The molecule has 0 aliphatic heterocycles. The number of thiophene rings is 1. The lowest BCUT2D eigenvalue weighted by molar-refractivity contribution is 0.798. The van der Waals surface area contributed by atoms with E-state index >= 15 is 0 Å². The second-order valence-electron chi connectivity index (χ2n) is 4.03. The van der Waals surface area contributed by atoms with Crippen LogP contribution in [-0.2, 0) is 6.54 Å². The molecule has 0 aliphatic rings. The zero-order valence-electron chi connectivity index (χ0n) is 9.85. The molecule has 92 valence electrons. The Bertz CT molecular complexity index is 714. The molecule has 5 heteroatoms. The van der Waals surface area contributed by atoms with E-state index in [1.54, 1.807) is 11.3 Å². The number of halogens is 1. The van der Waals surface area contributed by atoms with Crippen molar-refractivity contribution < 1.29 is 0 Å². The number of aromatic nitrogens is 2. The molecule has 0 spiro atoms. The molecule has 1 aromatic carbocycles. The first-order valence-electron chi connectivity index (χ1n) is 5.70. The van der Waals surface area contributed by atoms with Crippen LogP contribution in [0.25, 0.3) is 21.7 Å². The minimum atomic E-state index is 0.772. The van der Waals surface area contributed by atoms with Crippen LogP contribution in [0.4, 0.5) is 5.69 Å². The first-order chi connectivity index (χ1) is 8.70. The number of benzene rings is 1. The van der Waals surface area contributed by atoms with Crippen LogP contribution < -0.4 is 5.73 Å². The zero-order chi connectivity index (χ0) is 12.7. The van der Waals surface area contributed by atoms with Gasteiger partial charge in [0.1, 0.15) is 0 Å². The molecule has 0 aliphatic carbocycles. The van der Waals surface area contributed by atoms with Crippen LogP contribution in [0.15, 0.2) is 34.1 Å². The number of hydrogen-bond acceptors (Lipinski definition) is 3. The summed E-state index contributed by atoms with van der Waals surface area (Å²) in [6, 6.07) is 7.90. The maximum Gasteiger partial charge on any atom is 0.152 e. The smallest absolute Gasteiger partial charge is 0.152 e. The van der Waals surface area contributed by atoms with Gasteiger partial charge in [-0.2, -0.15) is 0 Å². The third kappa shape index (κ3) is 1.74. The predicted molar refractivity (Wildman–Crippen MR) is 80.8 cm³/mol. The van der Waals surface area contributed by atoms with Crippen molar-refractivity contribution in [3.05, 3.63) is 34.1 Å². The fraction of sp³-hybridized carbons (Fsp3) is 0.154. The molecular formula is C13H12BrN3S. The molecule has 3 aromatic rings. The zero-order valence-corrected chi connectivity index (χ0v) is 12.3. The third-order valence-corrected chi connectivity index (χ3v) is 4.74. The quantitative estimate of drug-likeness (QED) is 0.721. The van der Waals surface area contributed by atoms with Gasteiger partial charge < -0.3 is 10.3 Å². The minimum Gasteiger partial charge on any atom is -0.399 e. The highest BCUT2D eigenvalue weighted by Crippen LogP contribution is 2.35. The Morgan fingerprint density at radius 2 is 2.22 bits per heavy atom. The fourth-order valence-corrected chi connectivity index (χ4v) is 3.63. The number of fused-ring (bicyclic) bond motifs is 1. The highest BCUT2D eigenvalue weighted by molar-refractivity contribution is 9.10. The first kappa shape index (κ1) is 11.7. The molecule has 0 unspecified atom stereocenters.